The average molecular weight is 275 g/mol. The third kappa shape index (κ3) is 14.1. The lowest BCUT2D eigenvalue weighted by atomic mass is 10.1. The van der Waals surface area contributed by atoms with Gasteiger partial charge in [-0.05, 0) is 19.3 Å². The molecule has 1 nitrogen and oxygen atoms in total. The lowest BCUT2D eigenvalue weighted by Gasteiger charge is -2.01. The highest BCUT2D eigenvalue weighted by atomic mass is 35.5. The van der Waals surface area contributed by atoms with Gasteiger partial charge in [0.2, 0.25) is 0 Å². The number of hydrogen-bond acceptors (Lipinski definition) is 1. The monoisotopic (exact) mass is 274 g/mol. The predicted octanol–water partition coefficient (Wildman–Crippen LogP) is 5.45. The summed E-state index contributed by atoms with van der Waals surface area (Å²) in [7, 11) is 0. The van der Waals surface area contributed by atoms with Crippen molar-refractivity contribution in [3.63, 3.8) is 0 Å². The van der Waals surface area contributed by atoms with Crippen molar-refractivity contribution in [1.82, 2.24) is 0 Å². The Hall–Kier alpha value is -0.0100. The fourth-order valence-corrected chi connectivity index (χ4v) is 2.13. The van der Waals surface area contributed by atoms with Crippen LogP contribution >= 0.6 is 11.6 Å². The van der Waals surface area contributed by atoms with Crippen molar-refractivity contribution < 1.29 is 5.11 Å². The molecule has 0 fully saturated rings. The van der Waals surface area contributed by atoms with Gasteiger partial charge in [-0.1, -0.05) is 70.4 Å². The normalized spacial score (nSPS) is 13.3. The van der Waals surface area contributed by atoms with Gasteiger partial charge in [-0.3, -0.25) is 0 Å². The Balaban J connectivity index is 3.07. The van der Waals surface area contributed by atoms with Gasteiger partial charge in [-0.2, -0.15) is 0 Å². The van der Waals surface area contributed by atoms with Crippen molar-refractivity contribution >= 4 is 11.6 Å². The summed E-state index contributed by atoms with van der Waals surface area (Å²) in [5.41, 5.74) is 0. The Labute approximate surface area is 119 Å². The van der Waals surface area contributed by atoms with Crippen LogP contribution in [0.4, 0.5) is 0 Å². The molecule has 0 aromatic rings. The van der Waals surface area contributed by atoms with E-state index in [1.165, 1.54) is 57.8 Å². The molecule has 0 saturated carbocycles. The van der Waals surface area contributed by atoms with Gasteiger partial charge in [-0.25, -0.2) is 0 Å². The fraction of sp³-hybridized carbons (Fsp3) is 0.875. The van der Waals surface area contributed by atoms with Crippen LogP contribution in [0, 0.1) is 0 Å². The van der Waals surface area contributed by atoms with Crippen molar-refractivity contribution in [2.24, 2.45) is 0 Å². The van der Waals surface area contributed by atoms with Crippen LogP contribution in [0.2, 0.25) is 0 Å². The summed E-state index contributed by atoms with van der Waals surface area (Å²) in [6.07, 6.45) is 18.1. The molecule has 2 heteroatoms. The first-order valence-corrected chi connectivity index (χ1v) is 8.23. The second-order valence-electron chi connectivity index (χ2n) is 5.13. The number of aliphatic hydroxyl groups excluding tert-OH is 1. The highest BCUT2D eigenvalue weighted by molar-refractivity contribution is 6.18. The molecule has 0 heterocycles. The molecule has 1 atom stereocenters. The summed E-state index contributed by atoms with van der Waals surface area (Å²) in [6, 6.07) is 0. The minimum atomic E-state index is -0.369. The van der Waals surface area contributed by atoms with E-state index in [9.17, 15) is 5.11 Å². The van der Waals surface area contributed by atoms with Crippen LogP contribution < -0.4 is 0 Å². The summed E-state index contributed by atoms with van der Waals surface area (Å²) in [4.78, 5) is 0. The SMILES string of the molecule is CCCCCCCCCCC/C=C\C[C@@H](O)CCl. The number of allylic oxidation sites excluding steroid dienone is 1. The molecular formula is C16H31ClO. The largest absolute Gasteiger partial charge is 0.392 e. The third-order valence-corrected chi connectivity index (χ3v) is 3.58. The van der Waals surface area contributed by atoms with E-state index in [1.54, 1.807) is 0 Å². The third-order valence-electron chi connectivity index (χ3n) is 3.23. The fourth-order valence-electron chi connectivity index (χ4n) is 2.01. The molecule has 0 aromatic heterocycles. The molecule has 0 aromatic carbocycles. The van der Waals surface area contributed by atoms with Gasteiger partial charge in [0.15, 0.2) is 0 Å². The molecule has 0 saturated heterocycles. The van der Waals surface area contributed by atoms with Gasteiger partial charge in [0.25, 0.3) is 0 Å². The minimum Gasteiger partial charge on any atom is -0.392 e. The van der Waals surface area contributed by atoms with Gasteiger partial charge < -0.3 is 5.11 Å². The number of halogens is 1. The van der Waals surface area contributed by atoms with Gasteiger partial charge in [-0.15, -0.1) is 11.6 Å². The molecule has 0 amide bonds. The standard InChI is InChI=1S/C16H31ClO/c1-2-3-4-5-6-7-8-9-10-11-12-13-14-16(18)15-17/h12-13,16,18H,2-11,14-15H2,1H3/b13-12-/t16-/m1/s1. The van der Waals surface area contributed by atoms with Crippen LogP contribution in [0.15, 0.2) is 12.2 Å². The highest BCUT2D eigenvalue weighted by Crippen LogP contribution is 2.10. The van der Waals surface area contributed by atoms with Crippen molar-refractivity contribution in [3.8, 4) is 0 Å². The van der Waals surface area contributed by atoms with Gasteiger partial charge in [0, 0.05) is 5.88 Å². The van der Waals surface area contributed by atoms with Crippen molar-refractivity contribution in [1.29, 1.82) is 0 Å². The van der Waals surface area contributed by atoms with Gasteiger partial charge >= 0.3 is 0 Å². The number of alkyl halides is 1. The van der Waals surface area contributed by atoms with Crippen molar-refractivity contribution in [2.75, 3.05) is 5.88 Å². The van der Waals surface area contributed by atoms with E-state index in [4.69, 9.17) is 11.6 Å². The summed E-state index contributed by atoms with van der Waals surface area (Å²) in [6.45, 7) is 2.26. The molecule has 0 unspecified atom stereocenters. The first-order valence-electron chi connectivity index (χ1n) is 7.70. The second-order valence-corrected chi connectivity index (χ2v) is 5.44. The maximum Gasteiger partial charge on any atom is 0.0709 e. The van der Waals surface area contributed by atoms with E-state index in [1.807, 2.05) is 0 Å². The zero-order valence-corrected chi connectivity index (χ0v) is 12.8. The van der Waals surface area contributed by atoms with E-state index in [-0.39, 0.29) is 6.10 Å². The maximum absolute atomic E-state index is 9.24. The predicted molar refractivity (Wildman–Crippen MR) is 82.3 cm³/mol. The molecule has 0 spiro atoms. The average Bonchev–Trinajstić information content (AvgIpc) is 2.39. The van der Waals surface area contributed by atoms with E-state index < -0.39 is 0 Å². The van der Waals surface area contributed by atoms with E-state index in [0.717, 1.165) is 6.42 Å². The quantitative estimate of drug-likeness (QED) is 0.269. The highest BCUT2D eigenvalue weighted by Gasteiger charge is 1.96. The van der Waals surface area contributed by atoms with Crippen LogP contribution in [-0.2, 0) is 0 Å². The number of unbranched alkanes of at least 4 members (excludes halogenated alkanes) is 9. The Morgan fingerprint density at radius 2 is 1.44 bits per heavy atom. The number of rotatable bonds is 13. The smallest absolute Gasteiger partial charge is 0.0709 e. The van der Waals surface area contributed by atoms with Gasteiger partial charge in [0.05, 0.1) is 6.10 Å². The summed E-state index contributed by atoms with van der Waals surface area (Å²) in [5.74, 6) is 0.336. The van der Waals surface area contributed by atoms with Crippen LogP contribution in [0.3, 0.4) is 0 Å². The van der Waals surface area contributed by atoms with E-state index in [0.29, 0.717) is 12.3 Å². The summed E-state index contributed by atoms with van der Waals surface area (Å²) < 4.78 is 0. The molecule has 0 aliphatic rings. The zero-order chi connectivity index (χ0) is 13.5. The molecule has 18 heavy (non-hydrogen) atoms. The Morgan fingerprint density at radius 1 is 0.889 bits per heavy atom. The summed E-state index contributed by atoms with van der Waals surface area (Å²) in [5, 5.41) is 9.24. The lowest BCUT2D eigenvalue weighted by Crippen LogP contribution is -2.05. The molecule has 0 bridgehead atoms. The number of hydrogen-bond donors (Lipinski definition) is 1. The molecule has 0 aliphatic heterocycles. The van der Waals surface area contributed by atoms with E-state index in [2.05, 4.69) is 19.1 Å². The molecule has 1 N–H and O–H groups in total. The Morgan fingerprint density at radius 3 is 2.00 bits per heavy atom. The van der Waals surface area contributed by atoms with Crippen molar-refractivity contribution in [2.45, 2.75) is 83.7 Å². The van der Waals surface area contributed by atoms with E-state index >= 15 is 0 Å². The molecule has 0 rings (SSSR count). The molecule has 0 aliphatic carbocycles. The molecule has 108 valence electrons. The zero-order valence-electron chi connectivity index (χ0n) is 12.0. The maximum atomic E-state index is 9.24. The summed E-state index contributed by atoms with van der Waals surface area (Å²) >= 11 is 5.51. The molecular weight excluding hydrogens is 244 g/mol. The van der Waals surface area contributed by atoms with Crippen molar-refractivity contribution in [3.05, 3.63) is 12.2 Å². The van der Waals surface area contributed by atoms with Crippen LogP contribution in [0.5, 0.6) is 0 Å². The Bertz CT molecular complexity index is 180. The minimum absolute atomic E-state index is 0.336. The lowest BCUT2D eigenvalue weighted by molar-refractivity contribution is 0.201. The Kier molecular flexibility index (Phi) is 15.0. The van der Waals surface area contributed by atoms with Crippen LogP contribution in [0.1, 0.15) is 77.6 Å². The van der Waals surface area contributed by atoms with Crippen LogP contribution in [0.25, 0.3) is 0 Å². The van der Waals surface area contributed by atoms with Crippen LogP contribution in [-0.4, -0.2) is 17.1 Å². The van der Waals surface area contributed by atoms with Gasteiger partial charge in [0.1, 0.15) is 0 Å². The topological polar surface area (TPSA) is 20.2 Å². The number of aliphatic hydroxyl groups is 1. The first-order chi connectivity index (χ1) is 8.81. The first kappa shape index (κ1) is 18.0. The second kappa shape index (κ2) is 15.0. The molecule has 0 radical (unpaired) electrons.